The molecule has 110 valence electrons. The van der Waals surface area contributed by atoms with Crippen LogP contribution in [0.4, 0.5) is 5.69 Å². The lowest BCUT2D eigenvalue weighted by atomic mass is 10.0. The lowest BCUT2D eigenvalue weighted by molar-refractivity contribution is 0.0440. The Morgan fingerprint density at radius 3 is 3.05 bits per heavy atom. The van der Waals surface area contributed by atoms with Gasteiger partial charge < -0.3 is 15.4 Å². The molecule has 1 unspecified atom stereocenters. The zero-order chi connectivity index (χ0) is 14.5. The van der Waals surface area contributed by atoms with Crippen molar-refractivity contribution in [3.63, 3.8) is 0 Å². The van der Waals surface area contributed by atoms with Crippen LogP contribution in [0.1, 0.15) is 31.7 Å². The number of anilines is 1. The van der Waals surface area contributed by atoms with Gasteiger partial charge in [0, 0.05) is 35.4 Å². The predicted molar refractivity (Wildman–Crippen MR) is 86.6 cm³/mol. The summed E-state index contributed by atoms with van der Waals surface area (Å²) in [6.45, 7) is 4.82. The standard InChI is InChI=1S/C15H22BrN3O/c1-2-8-20-12-4-3-7-19(10-12)14-6-5-11(16)9-13(14)15(17)18/h5-6,9,12H,2-4,7-8,10H2,1H3,(H3,17,18). The first kappa shape index (κ1) is 15.3. The molecule has 3 N–H and O–H groups in total. The number of ether oxygens (including phenoxy) is 1. The van der Waals surface area contributed by atoms with Crippen molar-refractivity contribution in [3.8, 4) is 0 Å². The van der Waals surface area contributed by atoms with Gasteiger partial charge in [0.15, 0.2) is 0 Å². The van der Waals surface area contributed by atoms with Crippen molar-refractivity contribution in [3.05, 3.63) is 28.2 Å². The smallest absolute Gasteiger partial charge is 0.124 e. The fourth-order valence-electron chi connectivity index (χ4n) is 2.58. The fraction of sp³-hybridized carbons (Fsp3) is 0.533. The van der Waals surface area contributed by atoms with E-state index in [-0.39, 0.29) is 11.9 Å². The number of benzene rings is 1. The first-order valence-corrected chi connectivity index (χ1v) is 7.91. The number of nitrogens with two attached hydrogens (primary N) is 1. The maximum atomic E-state index is 7.75. The average molecular weight is 340 g/mol. The Labute approximate surface area is 128 Å². The molecule has 1 aromatic carbocycles. The van der Waals surface area contributed by atoms with Gasteiger partial charge in [0.2, 0.25) is 0 Å². The highest BCUT2D eigenvalue weighted by Crippen LogP contribution is 2.27. The van der Waals surface area contributed by atoms with Crippen molar-refractivity contribution in [1.82, 2.24) is 0 Å². The highest BCUT2D eigenvalue weighted by Gasteiger charge is 2.22. The number of rotatable bonds is 5. The summed E-state index contributed by atoms with van der Waals surface area (Å²) >= 11 is 3.44. The monoisotopic (exact) mass is 339 g/mol. The van der Waals surface area contributed by atoms with Crippen LogP contribution in [-0.4, -0.2) is 31.6 Å². The molecule has 0 aromatic heterocycles. The number of piperidine rings is 1. The lowest BCUT2D eigenvalue weighted by Crippen LogP contribution is -2.40. The molecule has 0 radical (unpaired) electrons. The first-order valence-electron chi connectivity index (χ1n) is 7.12. The second-order valence-electron chi connectivity index (χ2n) is 5.16. The number of hydrogen-bond acceptors (Lipinski definition) is 3. The van der Waals surface area contributed by atoms with Crippen LogP contribution in [0.5, 0.6) is 0 Å². The number of nitrogens with one attached hydrogen (secondary N) is 1. The van der Waals surface area contributed by atoms with Gasteiger partial charge in [-0.15, -0.1) is 0 Å². The SMILES string of the molecule is CCCOC1CCCN(c2ccc(Br)cc2C(=N)N)C1. The van der Waals surface area contributed by atoms with Crippen LogP contribution in [0, 0.1) is 5.41 Å². The summed E-state index contributed by atoms with van der Waals surface area (Å²) in [7, 11) is 0. The van der Waals surface area contributed by atoms with Crippen LogP contribution in [0.2, 0.25) is 0 Å². The van der Waals surface area contributed by atoms with E-state index in [0.717, 1.165) is 54.7 Å². The molecule has 1 aliphatic heterocycles. The van der Waals surface area contributed by atoms with E-state index in [4.69, 9.17) is 15.9 Å². The van der Waals surface area contributed by atoms with Crippen molar-refractivity contribution in [1.29, 1.82) is 5.41 Å². The van der Waals surface area contributed by atoms with Crippen molar-refractivity contribution in [2.24, 2.45) is 5.73 Å². The van der Waals surface area contributed by atoms with E-state index < -0.39 is 0 Å². The van der Waals surface area contributed by atoms with Gasteiger partial charge in [-0.3, -0.25) is 5.41 Å². The molecule has 0 aliphatic carbocycles. The molecular weight excluding hydrogens is 318 g/mol. The molecule has 1 saturated heterocycles. The van der Waals surface area contributed by atoms with Gasteiger partial charge in [-0.1, -0.05) is 22.9 Å². The maximum Gasteiger partial charge on any atom is 0.124 e. The third kappa shape index (κ3) is 3.73. The summed E-state index contributed by atoms with van der Waals surface area (Å²) in [5.74, 6) is 0.109. The number of amidine groups is 1. The lowest BCUT2D eigenvalue weighted by Gasteiger charge is -2.35. The summed E-state index contributed by atoms with van der Waals surface area (Å²) in [6.07, 6.45) is 3.56. The number of nitrogens with zero attached hydrogens (tertiary/aromatic N) is 1. The Balaban J connectivity index is 2.16. The van der Waals surface area contributed by atoms with Crippen LogP contribution >= 0.6 is 15.9 Å². The van der Waals surface area contributed by atoms with Gasteiger partial charge >= 0.3 is 0 Å². The molecule has 1 fully saturated rings. The van der Waals surface area contributed by atoms with Crippen molar-refractivity contribution in [2.45, 2.75) is 32.3 Å². The molecule has 20 heavy (non-hydrogen) atoms. The number of nitrogen functional groups attached to an aromatic ring is 1. The predicted octanol–water partition coefficient (Wildman–Crippen LogP) is 3.13. The Morgan fingerprint density at radius 1 is 1.55 bits per heavy atom. The second-order valence-corrected chi connectivity index (χ2v) is 6.07. The number of halogens is 1. The van der Waals surface area contributed by atoms with Gasteiger partial charge in [0.05, 0.1) is 6.10 Å². The van der Waals surface area contributed by atoms with Crippen LogP contribution in [0.3, 0.4) is 0 Å². The van der Waals surface area contributed by atoms with E-state index in [2.05, 4.69) is 27.8 Å². The molecule has 0 amide bonds. The van der Waals surface area contributed by atoms with Crippen molar-refractivity contribution < 1.29 is 4.74 Å². The molecule has 1 heterocycles. The summed E-state index contributed by atoms with van der Waals surface area (Å²) in [4.78, 5) is 2.28. The van der Waals surface area contributed by atoms with Gasteiger partial charge in [0.1, 0.15) is 5.84 Å². The van der Waals surface area contributed by atoms with Gasteiger partial charge in [0.25, 0.3) is 0 Å². The van der Waals surface area contributed by atoms with Crippen LogP contribution in [0.15, 0.2) is 22.7 Å². The number of hydrogen-bond donors (Lipinski definition) is 2. The van der Waals surface area contributed by atoms with E-state index in [1.807, 2.05) is 18.2 Å². The third-order valence-electron chi connectivity index (χ3n) is 3.53. The van der Waals surface area contributed by atoms with E-state index >= 15 is 0 Å². The zero-order valence-electron chi connectivity index (χ0n) is 11.9. The Kier molecular flexibility index (Phi) is 5.43. The largest absolute Gasteiger partial charge is 0.384 e. The Bertz CT molecular complexity index is 478. The summed E-state index contributed by atoms with van der Waals surface area (Å²) in [6, 6.07) is 5.94. The average Bonchev–Trinajstić information content (AvgIpc) is 2.45. The highest BCUT2D eigenvalue weighted by molar-refractivity contribution is 9.10. The summed E-state index contributed by atoms with van der Waals surface area (Å²) in [5, 5.41) is 7.75. The molecule has 2 rings (SSSR count). The quantitative estimate of drug-likeness (QED) is 0.639. The molecule has 4 nitrogen and oxygen atoms in total. The first-order chi connectivity index (χ1) is 9.61. The fourth-order valence-corrected chi connectivity index (χ4v) is 2.94. The third-order valence-corrected chi connectivity index (χ3v) is 4.02. The minimum Gasteiger partial charge on any atom is -0.384 e. The molecule has 1 atom stereocenters. The summed E-state index contributed by atoms with van der Waals surface area (Å²) < 4.78 is 6.82. The van der Waals surface area contributed by atoms with E-state index in [1.54, 1.807) is 0 Å². The normalized spacial score (nSPS) is 19.1. The highest BCUT2D eigenvalue weighted by atomic mass is 79.9. The van der Waals surface area contributed by atoms with E-state index in [9.17, 15) is 0 Å². The van der Waals surface area contributed by atoms with Gasteiger partial charge in [-0.05, 0) is 37.5 Å². The molecule has 0 saturated carbocycles. The second kappa shape index (κ2) is 7.09. The Morgan fingerprint density at radius 2 is 2.35 bits per heavy atom. The van der Waals surface area contributed by atoms with Crippen molar-refractivity contribution in [2.75, 3.05) is 24.6 Å². The summed E-state index contributed by atoms with van der Waals surface area (Å²) in [5.41, 5.74) is 7.53. The molecule has 0 bridgehead atoms. The minimum absolute atomic E-state index is 0.109. The van der Waals surface area contributed by atoms with Gasteiger partial charge in [-0.2, -0.15) is 0 Å². The molecule has 1 aliphatic rings. The van der Waals surface area contributed by atoms with Crippen LogP contribution < -0.4 is 10.6 Å². The topological polar surface area (TPSA) is 62.3 Å². The molecule has 0 spiro atoms. The molecule has 5 heteroatoms. The molecule has 1 aromatic rings. The van der Waals surface area contributed by atoms with Gasteiger partial charge in [-0.25, -0.2) is 0 Å². The maximum absolute atomic E-state index is 7.75. The zero-order valence-corrected chi connectivity index (χ0v) is 13.4. The Hall–Kier alpha value is -1.07. The van der Waals surface area contributed by atoms with E-state index in [0.29, 0.717) is 0 Å². The minimum atomic E-state index is 0.109. The van der Waals surface area contributed by atoms with Crippen LogP contribution in [-0.2, 0) is 4.74 Å². The van der Waals surface area contributed by atoms with E-state index in [1.165, 1.54) is 0 Å². The van der Waals surface area contributed by atoms with Crippen LogP contribution in [0.25, 0.3) is 0 Å². The molecular formula is C15H22BrN3O. The van der Waals surface area contributed by atoms with Crippen molar-refractivity contribution >= 4 is 27.5 Å².